The smallest absolute Gasteiger partial charge is 0.338 e. The zero-order valence-electron chi connectivity index (χ0n) is 13.2. The second kappa shape index (κ2) is 10.9. The molecule has 1 aliphatic heterocycles. The highest BCUT2D eigenvalue weighted by Crippen LogP contribution is 2.32. The Balaban J connectivity index is 1.94. The molecule has 0 N–H and O–H groups in total. The van der Waals surface area contributed by atoms with E-state index in [4.69, 9.17) is 8.85 Å². The lowest BCUT2D eigenvalue weighted by atomic mass is 10.1. The second-order valence-electron chi connectivity index (χ2n) is 5.87. The predicted octanol–water partition coefficient (Wildman–Crippen LogP) is 5.42. The average Bonchev–Trinajstić information content (AvgIpc) is 2.86. The van der Waals surface area contributed by atoms with Crippen LogP contribution in [0.15, 0.2) is 0 Å². The van der Waals surface area contributed by atoms with Crippen molar-refractivity contribution in [2.24, 2.45) is 0 Å². The molecule has 0 atom stereocenters. The van der Waals surface area contributed by atoms with Gasteiger partial charge in [0, 0.05) is 13.2 Å². The van der Waals surface area contributed by atoms with E-state index in [2.05, 4.69) is 13.8 Å². The minimum Gasteiger partial charge on any atom is -0.394 e. The lowest BCUT2D eigenvalue weighted by molar-refractivity contribution is 0.176. The number of hydrogen-bond donors (Lipinski definition) is 0. The van der Waals surface area contributed by atoms with Crippen LogP contribution >= 0.6 is 0 Å². The van der Waals surface area contributed by atoms with Crippen LogP contribution in [-0.2, 0) is 8.85 Å². The first-order valence-electron chi connectivity index (χ1n) is 8.61. The Morgan fingerprint density at radius 3 is 1.89 bits per heavy atom. The average molecular weight is 287 g/mol. The number of unbranched alkanes of at least 4 members (excludes halogenated alkanes) is 7. The van der Waals surface area contributed by atoms with Crippen LogP contribution in [0.3, 0.4) is 0 Å². The fraction of sp³-hybridized carbons (Fsp3) is 1.00. The molecular formula is C16H34O2Si. The maximum Gasteiger partial charge on any atom is 0.338 e. The molecule has 19 heavy (non-hydrogen) atoms. The summed E-state index contributed by atoms with van der Waals surface area (Å²) in [5, 5.41) is 0. The van der Waals surface area contributed by atoms with E-state index in [1.54, 1.807) is 0 Å². The predicted molar refractivity (Wildman–Crippen MR) is 84.8 cm³/mol. The van der Waals surface area contributed by atoms with Gasteiger partial charge in [-0.3, -0.25) is 0 Å². The molecule has 0 unspecified atom stereocenters. The molecule has 1 fully saturated rings. The Morgan fingerprint density at radius 2 is 1.32 bits per heavy atom. The van der Waals surface area contributed by atoms with Crippen LogP contribution in [0.25, 0.3) is 0 Å². The van der Waals surface area contributed by atoms with Crippen LogP contribution < -0.4 is 0 Å². The van der Waals surface area contributed by atoms with Crippen molar-refractivity contribution in [3.63, 3.8) is 0 Å². The summed E-state index contributed by atoms with van der Waals surface area (Å²) in [5.74, 6) is 0. The highest BCUT2D eigenvalue weighted by Gasteiger charge is 2.40. The van der Waals surface area contributed by atoms with E-state index >= 15 is 0 Å². The van der Waals surface area contributed by atoms with Crippen LogP contribution in [0.2, 0.25) is 12.1 Å². The van der Waals surface area contributed by atoms with Gasteiger partial charge in [-0.05, 0) is 25.4 Å². The van der Waals surface area contributed by atoms with Gasteiger partial charge in [-0.1, -0.05) is 64.7 Å². The molecule has 0 aromatic heterocycles. The summed E-state index contributed by atoms with van der Waals surface area (Å²) in [7, 11) is -1.72. The zero-order valence-corrected chi connectivity index (χ0v) is 14.2. The lowest BCUT2D eigenvalue weighted by Gasteiger charge is -2.25. The minimum absolute atomic E-state index is 0.837. The van der Waals surface area contributed by atoms with E-state index in [0.717, 1.165) is 13.2 Å². The topological polar surface area (TPSA) is 18.5 Å². The van der Waals surface area contributed by atoms with Crippen LogP contribution in [0.4, 0.5) is 0 Å². The van der Waals surface area contributed by atoms with Crippen LogP contribution in [0, 0.1) is 0 Å². The van der Waals surface area contributed by atoms with Crippen LogP contribution in [0.5, 0.6) is 0 Å². The van der Waals surface area contributed by atoms with Gasteiger partial charge < -0.3 is 8.85 Å². The van der Waals surface area contributed by atoms with Crippen molar-refractivity contribution in [3.05, 3.63) is 0 Å². The first-order chi connectivity index (χ1) is 9.33. The molecule has 0 aromatic rings. The largest absolute Gasteiger partial charge is 0.394 e. The summed E-state index contributed by atoms with van der Waals surface area (Å²) < 4.78 is 12.2. The van der Waals surface area contributed by atoms with Crippen molar-refractivity contribution < 1.29 is 8.85 Å². The molecule has 3 heteroatoms. The highest BCUT2D eigenvalue weighted by molar-refractivity contribution is 6.68. The first-order valence-corrected chi connectivity index (χ1v) is 10.8. The van der Waals surface area contributed by atoms with Gasteiger partial charge in [-0.15, -0.1) is 0 Å². The van der Waals surface area contributed by atoms with Gasteiger partial charge in [0.1, 0.15) is 0 Å². The highest BCUT2D eigenvalue weighted by atomic mass is 28.4. The Kier molecular flexibility index (Phi) is 9.83. The standard InChI is InChI=1S/C16H34O2Si/c1-3-5-6-7-8-9-10-11-14-18-19(17-4-2)15-12-13-16-19/h3-16H2,1-2H3. The SMILES string of the molecule is CCCCCCCCCCO[Si]1(OCC)CCCC1. The molecule has 1 aliphatic rings. The molecule has 0 saturated carbocycles. The van der Waals surface area contributed by atoms with Crippen molar-refractivity contribution in [2.75, 3.05) is 13.2 Å². The van der Waals surface area contributed by atoms with E-state index in [-0.39, 0.29) is 0 Å². The molecule has 114 valence electrons. The fourth-order valence-corrected chi connectivity index (χ4v) is 6.53. The van der Waals surface area contributed by atoms with Gasteiger partial charge in [0.25, 0.3) is 0 Å². The number of rotatable bonds is 12. The Morgan fingerprint density at radius 1 is 0.737 bits per heavy atom. The molecule has 0 bridgehead atoms. The van der Waals surface area contributed by atoms with Crippen molar-refractivity contribution in [2.45, 2.75) is 90.1 Å². The minimum atomic E-state index is -1.72. The molecule has 0 aliphatic carbocycles. The molecule has 0 aromatic carbocycles. The lowest BCUT2D eigenvalue weighted by Crippen LogP contribution is -2.39. The Hall–Kier alpha value is 0.137. The summed E-state index contributed by atoms with van der Waals surface area (Å²) in [6.45, 7) is 6.16. The summed E-state index contributed by atoms with van der Waals surface area (Å²) in [4.78, 5) is 0. The normalized spacial score (nSPS) is 18.0. The Labute approximate surface area is 121 Å². The van der Waals surface area contributed by atoms with Crippen molar-refractivity contribution in [1.29, 1.82) is 0 Å². The second-order valence-corrected chi connectivity index (χ2v) is 9.27. The summed E-state index contributed by atoms with van der Waals surface area (Å²) in [5.41, 5.74) is 0. The van der Waals surface area contributed by atoms with Crippen molar-refractivity contribution >= 4 is 8.56 Å². The molecule has 1 saturated heterocycles. The van der Waals surface area contributed by atoms with Crippen molar-refractivity contribution in [3.8, 4) is 0 Å². The van der Waals surface area contributed by atoms with Crippen LogP contribution in [0.1, 0.15) is 78.1 Å². The third-order valence-corrected chi connectivity index (χ3v) is 7.91. The Bertz CT molecular complexity index is 203. The summed E-state index contributed by atoms with van der Waals surface area (Å²) >= 11 is 0. The fourth-order valence-electron chi connectivity index (χ4n) is 3.00. The van der Waals surface area contributed by atoms with E-state index < -0.39 is 8.56 Å². The molecule has 0 radical (unpaired) electrons. The van der Waals surface area contributed by atoms with E-state index in [1.165, 1.54) is 76.3 Å². The molecular weight excluding hydrogens is 252 g/mol. The molecule has 1 heterocycles. The summed E-state index contributed by atoms with van der Waals surface area (Å²) in [6, 6.07) is 2.47. The number of hydrogen-bond acceptors (Lipinski definition) is 2. The van der Waals surface area contributed by atoms with Gasteiger partial charge in [-0.25, -0.2) is 0 Å². The molecule has 0 spiro atoms. The maximum atomic E-state index is 6.19. The third-order valence-electron chi connectivity index (χ3n) is 4.14. The van der Waals surface area contributed by atoms with E-state index in [0.29, 0.717) is 0 Å². The third kappa shape index (κ3) is 7.47. The molecule has 1 rings (SSSR count). The summed E-state index contributed by atoms with van der Waals surface area (Å²) in [6.07, 6.45) is 13.6. The zero-order chi connectivity index (χ0) is 13.8. The van der Waals surface area contributed by atoms with E-state index in [1.807, 2.05) is 0 Å². The first kappa shape index (κ1) is 17.2. The molecule has 2 nitrogen and oxygen atoms in total. The van der Waals surface area contributed by atoms with Gasteiger partial charge in [0.05, 0.1) is 0 Å². The maximum absolute atomic E-state index is 6.19. The van der Waals surface area contributed by atoms with Crippen molar-refractivity contribution in [1.82, 2.24) is 0 Å². The van der Waals surface area contributed by atoms with Gasteiger partial charge in [0.2, 0.25) is 0 Å². The van der Waals surface area contributed by atoms with E-state index in [9.17, 15) is 0 Å². The van der Waals surface area contributed by atoms with Gasteiger partial charge in [-0.2, -0.15) is 0 Å². The molecule has 0 amide bonds. The monoisotopic (exact) mass is 286 g/mol. The quantitative estimate of drug-likeness (QED) is 0.352. The van der Waals surface area contributed by atoms with Gasteiger partial charge in [0.15, 0.2) is 0 Å². The van der Waals surface area contributed by atoms with Gasteiger partial charge >= 0.3 is 8.56 Å². The van der Waals surface area contributed by atoms with Crippen LogP contribution in [-0.4, -0.2) is 21.8 Å².